The summed E-state index contributed by atoms with van der Waals surface area (Å²) in [7, 11) is 0. The predicted octanol–water partition coefficient (Wildman–Crippen LogP) is 3.05. The molecule has 100 valence electrons. The first-order valence-corrected chi connectivity index (χ1v) is 7.80. The van der Waals surface area contributed by atoms with E-state index >= 15 is 0 Å². The van der Waals surface area contributed by atoms with Gasteiger partial charge in [0.15, 0.2) is 0 Å². The molecular weight excluding hydrogens is 360 g/mol. The summed E-state index contributed by atoms with van der Waals surface area (Å²) in [6, 6.07) is 3.98. The van der Waals surface area contributed by atoms with Gasteiger partial charge >= 0.3 is 0 Å². The first-order chi connectivity index (χ1) is 8.60. The number of likely N-dealkylation sites (N-methyl/N-ethyl adjacent to an activating group) is 1. The lowest BCUT2D eigenvalue weighted by molar-refractivity contribution is 0.132. The summed E-state index contributed by atoms with van der Waals surface area (Å²) in [6.45, 7) is 8.82. The van der Waals surface area contributed by atoms with E-state index in [-0.39, 0.29) is 5.75 Å². The maximum atomic E-state index is 9.69. The van der Waals surface area contributed by atoms with Crippen LogP contribution >= 0.6 is 31.9 Å². The summed E-state index contributed by atoms with van der Waals surface area (Å²) in [5.74, 6) is 0.273. The van der Waals surface area contributed by atoms with Gasteiger partial charge in [-0.3, -0.25) is 4.90 Å². The molecule has 0 aromatic heterocycles. The first-order valence-electron chi connectivity index (χ1n) is 6.21. The van der Waals surface area contributed by atoms with Crippen LogP contribution in [0.1, 0.15) is 12.5 Å². The lowest BCUT2D eigenvalue weighted by Gasteiger charge is -2.34. The summed E-state index contributed by atoms with van der Waals surface area (Å²) in [6.07, 6.45) is 0. The zero-order valence-corrected chi connectivity index (χ0v) is 13.7. The van der Waals surface area contributed by atoms with Crippen LogP contribution in [-0.4, -0.2) is 47.6 Å². The Morgan fingerprint density at radius 2 is 1.56 bits per heavy atom. The lowest BCUT2D eigenvalue weighted by Crippen LogP contribution is -2.45. The molecule has 1 aliphatic heterocycles. The van der Waals surface area contributed by atoms with E-state index in [1.54, 1.807) is 0 Å². The van der Waals surface area contributed by atoms with Crippen molar-refractivity contribution in [3.05, 3.63) is 26.6 Å². The lowest BCUT2D eigenvalue weighted by atomic mass is 10.2. The number of phenols is 1. The molecule has 0 radical (unpaired) electrons. The molecular formula is C13H18Br2N2O. The molecule has 0 saturated carbocycles. The maximum absolute atomic E-state index is 9.69. The Morgan fingerprint density at radius 1 is 1.06 bits per heavy atom. The van der Waals surface area contributed by atoms with Gasteiger partial charge in [-0.05, 0) is 56.1 Å². The van der Waals surface area contributed by atoms with Gasteiger partial charge in [0.05, 0.1) is 8.95 Å². The van der Waals surface area contributed by atoms with Gasteiger partial charge in [-0.25, -0.2) is 0 Å². The molecule has 0 bridgehead atoms. The SMILES string of the molecule is CCN1CCN(Cc2cc(Br)c(O)c(Br)c2)CC1. The summed E-state index contributed by atoms with van der Waals surface area (Å²) in [5.41, 5.74) is 1.22. The number of hydrogen-bond acceptors (Lipinski definition) is 3. The molecule has 1 aliphatic rings. The summed E-state index contributed by atoms with van der Waals surface area (Å²) >= 11 is 6.75. The van der Waals surface area contributed by atoms with Crippen molar-refractivity contribution in [3.8, 4) is 5.75 Å². The summed E-state index contributed by atoms with van der Waals surface area (Å²) < 4.78 is 1.50. The highest BCUT2D eigenvalue weighted by Gasteiger charge is 2.16. The topological polar surface area (TPSA) is 26.7 Å². The van der Waals surface area contributed by atoms with Crippen LogP contribution in [0.2, 0.25) is 0 Å². The third-order valence-electron chi connectivity index (χ3n) is 3.39. The van der Waals surface area contributed by atoms with Gasteiger partial charge in [-0.15, -0.1) is 0 Å². The van der Waals surface area contributed by atoms with Gasteiger partial charge in [-0.1, -0.05) is 6.92 Å². The second-order valence-electron chi connectivity index (χ2n) is 4.62. The minimum atomic E-state index is 0.273. The molecule has 1 heterocycles. The quantitative estimate of drug-likeness (QED) is 0.876. The molecule has 1 fully saturated rings. The van der Waals surface area contributed by atoms with E-state index in [1.165, 1.54) is 5.56 Å². The van der Waals surface area contributed by atoms with Crippen LogP contribution in [0.15, 0.2) is 21.1 Å². The van der Waals surface area contributed by atoms with Crippen LogP contribution in [0, 0.1) is 0 Å². The normalized spacial score (nSPS) is 18.2. The van der Waals surface area contributed by atoms with Crippen LogP contribution in [0.25, 0.3) is 0 Å². The van der Waals surface area contributed by atoms with Gasteiger partial charge in [0, 0.05) is 32.7 Å². The van der Waals surface area contributed by atoms with Gasteiger partial charge < -0.3 is 10.0 Å². The molecule has 1 N–H and O–H groups in total. The average Bonchev–Trinajstić information content (AvgIpc) is 2.37. The van der Waals surface area contributed by atoms with Crippen molar-refractivity contribution < 1.29 is 5.11 Å². The monoisotopic (exact) mass is 376 g/mol. The largest absolute Gasteiger partial charge is 0.506 e. The molecule has 1 aromatic carbocycles. The average molecular weight is 378 g/mol. The fourth-order valence-corrected chi connectivity index (χ4v) is 3.51. The summed E-state index contributed by atoms with van der Waals surface area (Å²) in [4.78, 5) is 4.93. The number of hydrogen-bond donors (Lipinski definition) is 1. The molecule has 0 amide bonds. The molecule has 18 heavy (non-hydrogen) atoms. The second kappa shape index (κ2) is 6.37. The molecule has 0 atom stereocenters. The number of benzene rings is 1. The van der Waals surface area contributed by atoms with Crippen LogP contribution in [-0.2, 0) is 6.54 Å². The number of aromatic hydroxyl groups is 1. The molecule has 5 heteroatoms. The van der Waals surface area contributed by atoms with Gasteiger partial charge in [0.25, 0.3) is 0 Å². The highest BCUT2D eigenvalue weighted by atomic mass is 79.9. The fourth-order valence-electron chi connectivity index (χ4n) is 2.23. The standard InChI is InChI=1S/C13H18Br2N2O/c1-2-16-3-5-17(6-4-16)9-10-7-11(14)13(18)12(15)8-10/h7-8,18H,2-6,9H2,1H3. The Labute approximate surface area is 125 Å². The third-order valence-corrected chi connectivity index (χ3v) is 4.60. The van der Waals surface area contributed by atoms with E-state index in [0.29, 0.717) is 0 Å². The zero-order valence-electron chi connectivity index (χ0n) is 10.5. The van der Waals surface area contributed by atoms with Gasteiger partial charge in [-0.2, -0.15) is 0 Å². The van der Waals surface area contributed by atoms with E-state index in [4.69, 9.17) is 0 Å². The number of piperazine rings is 1. The minimum Gasteiger partial charge on any atom is -0.506 e. The van der Waals surface area contributed by atoms with Crippen LogP contribution in [0.3, 0.4) is 0 Å². The van der Waals surface area contributed by atoms with E-state index in [0.717, 1.165) is 48.2 Å². The Balaban J connectivity index is 1.98. The molecule has 2 rings (SSSR count). The van der Waals surface area contributed by atoms with Crippen LogP contribution in [0.4, 0.5) is 0 Å². The van der Waals surface area contributed by atoms with Gasteiger partial charge in [0.1, 0.15) is 5.75 Å². The van der Waals surface area contributed by atoms with Gasteiger partial charge in [0.2, 0.25) is 0 Å². The number of halogens is 2. The molecule has 0 aliphatic carbocycles. The highest BCUT2D eigenvalue weighted by Crippen LogP contribution is 2.33. The number of phenolic OH excluding ortho intramolecular Hbond substituents is 1. The van der Waals surface area contributed by atoms with Crippen molar-refractivity contribution >= 4 is 31.9 Å². The van der Waals surface area contributed by atoms with Crippen molar-refractivity contribution in [2.24, 2.45) is 0 Å². The Hall–Kier alpha value is -0.100. The van der Waals surface area contributed by atoms with Crippen molar-refractivity contribution in [1.82, 2.24) is 9.80 Å². The first kappa shape index (κ1) is 14.3. The smallest absolute Gasteiger partial charge is 0.143 e. The molecule has 0 unspecified atom stereocenters. The van der Waals surface area contributed by atoms with Crippen molar-refractivity contribution in [2.45, 2.75) is 13.5 Å². The fraction of sp³-hybridized carbons (Fsp3) is 0.538. The van der Waals surface area contributed by atoms with Crippen molar-refractivity contribution in [1.29, 1.82) is 0 Å². The van der Waals surface area contributed by atoms with Crippen LogP contribution in [0.5, 0.6) is 5.75 Å². The Kier molecular flexibility index (Phi) is 5.06. The molecule has 1 aromatic rings. The highest BCUT2D eigenvalue weighted by molar-refractivity contribution is 9.11. The van der Waals surface area contributed by atoms with E-state index < -0.39 is 0 Å². The Bertz CT molecular complexity index is 394. The Morgan fingerprint density at radius 3 is 2.06 bits per heavy atom. The zero-order chi connectivity index (χ0) is 13.1. The molecule has 0 spiro atoms. The molecule has 3 nitrogen and oxygen atoms in total. The van der Waals surface area contributed by atoms with E-state index in [1.807, 2.05) is 12.1 Å². The van der Waals surface area contributed by atoms with Crippen LogP contribution < -0.4 is 0 Å². The van der Waals surface area contributed by atoms with Crippen molar-refractivity contribution in [2.75, 3.05) is 32.7 Å². The predicted molar refractivity (Wildman–Crippen MR) is 80.9 cm³/mol. The maximum Gasteiger partial charge on any atom is 0.143 e. The third kappa shape index (κ3) is 3.47. The second-order valence-corrected chi connectivity index (χ2v) is 6.33. The summed E-state index contributed by atoms with van der Waals surface area (Å²) in [5, 5.41) is 9.69. The van der Waals surface area contributed by atoms with E-state index in [9.17, 15) is 5.11 Å². The van der Waals surface area contributed by atoms with E-state index in [2.05, 4.69) is 48.6 Å². The molecule has 1 saturated heterocycles. The van der Waals surface area contributed by atoms with Crippen molar-refractivity contribution in [3.63, 3.8) is 0 Å². The number of rotatable bonds is 3. The minimum absolute atomic E-state index is 0.273. The number of nitrogens with zero attached hydrogens (tertiary/aromatic N) is 2.